The van der Waals surface area contributed by atoms with E-state index in [0.29, 0.717) is 53.0 Å². The number of pyridine rings is 1. The molecule has 31 heavy (non-hydrogen) atoms. The van der Waals surface area contributed by atoms with Gasteiger partial charge in [-0.2, -0.15) is 13.2 Å². The summed E-state index contributed by atoms with van der Waals surface area (Å²) < 4.78 is 43.4. The molecular weight excluding hydrogens is 452 g/mol. The summed E-state index contributed by atoms with van der Waals surface area (Å²) >= 11 is 12.6. The standard InChI is InChI=1S/C21H19Cl2F3N4O/c1-3-16-19(23)20(30-12(2)29-16)27-9-8-13-4-6-17(15(22)10-13)31-18-7-5-14(11-28-18)21(24,25)26/h4-7,10-11H,3,8-9H2,1-2H3,(H,27,29,30). The molecule has 164 valence electrons. The van der Waals surface area contributed by atoms with E-state index in [1.54, 1.807) is 12.1 Å². The van der Waals surface area contributed by atoms with Crippen LogP contribution in [0.25, 0.3) is 0 Å². The second-order valence-electron chi connectivity index (χ2n) is 6.66. The molecule has 0 bridgehead atoms. The smallest absolute Gasteiger partial charge is 0.417 e. The van der Waals surface area contributed by atoms with Gasteiger partial charge in [0, 0.05) is 18.8 Å². The molecule has 0 spiro atoms. The molecule has 0 saturated carbocycles. The van der Waals surface area contributed by atoms with Gasteiger partial charge < -0.3 is 10.1 Å². The summed E-state index contributed by atoms with van der Waals surface area (Å²) in [6, 6.07) is 7.24. The summed E-state index contributed by atoms with van der Waals surface area (Å²) in [4.78, 5) is 12.3. The van der Waals surface area contributed by atoms with E-state index in [2.05, 4.69) is 20.3 Å². The number of nitrogens with zero attached hydrogens (tertiary/aromatic N) is 3. The van der Waals surface area contributed by atoms with Crippen molar-refractivity contribution in [2.75, 3.05) is 11.9 Å². The predicted octanol–water partition coefficient (Wildman–Crippen LogP) is 6.51. The van der Waals surface area contributed by atoms with E-state index in [0.717, 1.165) is 23.4 Å². The summed E-state index contributed by atoms with van der Waals surface area (Å²) in [6.07, 6.45) is -2.39. The van der Waals surface area contributed by atoms with Crippen molar-refractivity contribution in [1.29, 1.82) is 0 Å². The Morgan fingerprint density at radius 3 is 2.48 bits per heavy atom. The SMILES string of the molecule is CCc1nc(C)nc(NCCc2ccc(Oc3ccc(C(F)(F)F)cn3)c(Cl)c2)c1Cl. The van der Waals surface area contributed by atoms with E-state index in [-0.39, 0.29) is 5.88 Å². The average molecular weight is 471 g/mol. The lowest BCUT2D eigenvalue weighted by Gasteiger charge is -2.12. The Hall–Kier alpha value is -2.58. The van der Waals surface area contributed by atoms with Gasteiger partial charge in [0.05, 0.1) is 16.3 Å². The largest absolute Gasteiger partial charge is 0.437 e. The lowest BCUT2D eigenvalue weighted by molar-refractivity contribution is -0.137. The highest BCUT2D eigenvalue weighted by molar-refractivity contribution is 6.33. The summed E-state index contributed by atoms with van der Waals surface area (Å²) in [5.41, 5.74) is 0.875. The van der Waals surface area contributed by atoms with Gasteiger partial charge in [-0.1, -0.05) is 36.2 Å². The normalized spacial score (nSPS) is 11.5. The van der Waals surface area contributed by atoms with Crippen LogP contribution in [0.2, 0.25) is 10.0 Å². The second-order valence-corrected chi connectivity index (χ2v) is 7.45. The number of aryl methyl sites for hydroxylation is 2. The first-order chi connectivity index (χ1) is 14.7. The number of anilines is 1. The Balaban J connectivity index is 1.62. The van der Waals surface area contributed by atoms with Crippen LogP contribution in [0.5, 0.6) is 11.6 Å². The summed E-state index contributed by atoms with van der Waals surface area (Å²) in [5.74, 6) is 1.55. The van der Waals surface area contributed by atoms with E-state index in [4.69, 9.17) is 27.9 Å². The van der Waals surface area contributed by atoms with Gasteiger partial charge >= 0.3 is 6.18 Å². The van der Waals surface area contributed by atoms with Crippen LogP contribution in [-0.2, 0) is 19.0 Å². The maximum atomic E-state index is 12.6. The van der Waals surface area contributed by atoms with E-state index < -0.39 is 11.7 Å². The highest BCUT2D eigenvalue weighted by Gasteiger charge is 2.30. The van der Waals surface area contributed by atoms with Gasteiger partial charge in [-0.05, 0) is 43.5 Å². The molecule has 2 heterocycles. The number of halogens is 5. The summed E-state index contributed by atoms with van der Waals surface area (Å²) in [7, 11) is 0. The predicted molar refractivity (Wildman–Crippen MR) is 114 cm³/mol. The zero-order valence-corrected chi connectivity index (χ0v) is 18.2. The Bertz CT molecular complexity index is 1060. The van der Waals surface area contributed by atoms with Crippen molar-refractivity contribution in [3.8, 4) is 11.6 Å². The quantitative estimate of drug-likeness (QED) is 0.426. The van der Waals surface area contributed by atoms with Crippen molar-refractivity contribution in [3.63, 3.8) is 0 Å². The van der Waals surface area contributed by atoms with E-state index in [9.17, 15) is 13.2 Å². The molecule has 5 nitrogen and oxygen atoms in total. The Labute approximate surface area is 187 Å². The molecule has 10 heteroatoms. The van der Waals surface area contributed by atoms with Crippen LogP contribution in [0, 0.1) is 6.92 Å². The molecule has 0 atom stereocenters. The molecule has 0 fully saturated rings. The topological polar surface area (TPSA) is 59.9 Å². The fraction of sp³-hybridized carbons (Fsp3) is 0.286. The number of aromatic nitrogens is 3. The number of ether oxygens (including phenoxy) is 1. The first-order valence-corrected chi connectivity index (χ1v) is 10.2. The van der Waals surface area contributed by atoms with Crippen molar-refractivity contribution in [3.05, 3.63) is 69.2 Å². The fourth-order valence-corrected chi connectivity index (χ4v) is 3.32. The molecule has 3 aromatic rings. The van der Waals surface area contributed by atoms with Crippen LogP contribution in [-0.4, -0.2) is 21.5 Å². The molecule has 2 aromatic heterocycles. The minimum Gasteiger partial charge on any atom is -0.437 e. The van der Waals surface area contributed by atoms with Crippen LogP contribution < -0.4 is 10.1 Å². The third-order valence-corrected chi connectivity index (χ3v) is 5.04. The number of benzene rings is 1. The van der Waals surface area contributed by atoms with E-state index in [1.165, 1.54) is 0 Å². The molecule has 1 aromatic carbocycles. The third kappa shape index (κ3) is 5.98. The maximum Gasteiger partial charge on any atom is 0.417 e. The van der Waals surface area contributed by atoms with Gasteiger partial charge in [0.25, 0.3) is 0 Å². The molecule has 0 unspecified atom stereocenters. The summed E-state index contributed by atoms with van der Waals surface area (Å²) in [5, 5.41) is 4.04. The lowest BCUT2D eigenvalue weighted by Crippen LogP contribution is -2.09. The van der Waals surface area contributed by atoms with Gasteiger partial charge in [0.2, 0.25) is 5.88 Å². The fourth-order valence-electron chi connectivity index (χ4n) is 2.80. The zero-order chi connectivity index (χ0) is 22.6. The van der Waals surface area contributed by atoms with Crippen LogP contribution in [0.1, 0.15) is 29.6 Å². The van der Waals surface area contributed by atoms with Crippen LogP contribution in [0.15, 0.2) is 36.5 Å². The summed E-state index contributed by atoms with van der Waals surface area (Å²) in [6.45, 7) is 4.35. The number of hydrogen-bond acceptors (Lipinski definition) is 5. The first kappa shape index (κ1) is 23.1. The maximum absolute atomic E-state index is 12.6. The minimum absolute atomic E-state index is 0.0184. The number of alkyl halides is 3. The van der Waals surface area contributed by atoms with Crippen molar-refractivity contribution >= 4 is 29.0 Å². The van der Waals surface area contributed by atoms with Crippen LogP contribution >= 0.6 is 23.2 Å². The van der Waals surface area contributed by atoms with Gasteiger partial charge in [-0.15, -0.1) is 0 Å². The Morgan fingerprint density at radius 2 is 1.87 bits per heavy atom. The first-order valence-electron chi connectivity index (χ1n) is 9.43. The molecule has 0 amide bonds. The van der Waals surface area contributed by atoms with Gasteiger partial charge in [-0.25, -0.2) is 15.0 Å². The number of hydrogen-bond donors (Lipinski definition) is 1. The molecule has 0 radical (unpaired) electrons. The molecule has 3 rings (SSSR count). The van der Waals surface area contributed by atoms with Crippen molar-refractivity contribution in [2.24, 2.45) is 0 Å². The Kier molecular flexibility index (Phi) is 7.23. The molecule has 0 aliphatic rings. The molecular formula is C21H19Cl2F3N4O. The van der Waals surface area contributed by atoms with Crippen LogP contribution in [0.4, 0.5) is 19.0 Å². The zero-order valence-electron chi connectivity index (χ0n) is 16.7. The van der Waals surface area contributed by atoms with Crippen molar-refractivity contribution < 1.29 is 17.9 Å². The van der Waals surface area contributed by atoms with Gasteiger partial charge in [0.1, 0.15) is 22.4 Å². The number of rotatable bonds is 7. The van der Waals surface area contributed by atoms with Crippen molar-refractivity contribution in [1.82, 2.24) is 15.0 Å². The van der Waals surface area contributed by atoms with Crippen molar-refractivity contribution in [2.45, 2.75) is 32.9 Å². The van der Waals surface area contributed by atoms with Gasteiger partial charge in [0.15, 0.2) is 0 Å². The lowest BCUT2D eigenvalue weighted by atomic mass is 10.1. The monoisotopic (exact) mass is 470 g/mol. The number of nitrogens with one attached hydrogen (secondary N) is 1. The highest BCUT2D eigenvalue weighted by atomic mass is 35.5. The minimum atomic E-state index is -4.45. The molecule has 0 aliphatic carbocycles. The van der Waals surface area contributed by atoms with E-state index in [1.807, 2.05) is 19.9 Å². The molecule has 0 aliphatic heterocycles. The second kappa shape index (κ2) is 9.70. The Morgan fingerprint density at radius 1 is 1.10 bits per heavy atom. The third-order valence-electron chi connectivity index (χ3n) is 4.35. The van der Waals surface area contributed by atoms with E-state index >= 15 is 0 Å². The van der Waals surface area contributed by atoms with Crippen LogP contribution in [0.3, 0.4) is 0 Å². The molecule has 1 N–H and O–H groups in total. The highest BCUT2D eigenvalue weighted by Crippen LogP contribution is 2.32. The molecule has 0 saturated heterocycles. The van der Waals surface area contributed by atoms with Gasteiger partial charge in [-0.3, -0.25) is 0 Å². The average Bonchev–Trinajstić information content (AvgIpc) is 2.72.